The first-order chi connectivity index (χ1) is 9.41. The standard InChI is InChI=1S/C13H19N3O2S2/c1-15(2)20(17,18)12-7-5-6-11(10-12)14-13(19)16-8-3-4-9-16/h5-7,10H,3-4,8-9H2,1-2H3,(H,14,19). The van der Waals surface area contributed by atoms with Crippen LogP contribution in [0.1, 0.15) is 12.8 Å². The molecular weight excluding hydrogens is 294 g/mol. The molecule has 1 N–H and O–H groups in total. The number of nitrogens with one attached hydrogen (secondary N) is 1. The average molecular weight is 313 g/mol. The maximum Gasteiger partial charge on any atom is 0.242 e. The van der Waals surface area contributed by atoms with Gasteiger partial charge >= 0.3 is 0 Å². The van der Waals surface area contributed by atoms with Crippen LogP contribution in [0.25, 0.3) is 0 Å². The Morgan fingerprint density at radius 3 is 2.55 bits per heavy atom. The molecule has 1 aliphatic heterocycles. The van der Waals surface area contributed by atoms with E-state index in [-0.39, 0.29) is 4.90 Å². The molecule has 7 heteroatoms. The molecule has 0 bridgehead atoms. The Bertz CT molecular complexity index is 593. The third-order valence-electron chi connectivity index (χ3n) is 3.26. The quantitative estimate of drug-likeness (QED) is 0.861. The molecule has 1 heterocycles. The number of anilines is 1. The lowest BCUT2D eigenvalue weighted by Crippen LogP contribution is -2.32. The predicted octanol–water partition coefficient (Wildman–Crippen LogP) is 1.73. The van der Waals surface area contributed by atoms with E-state index in [1.54, 1.807) is 18.2 Å². The Kier molecular flexibility index (Phi) is 4.62. The van der Waals surface area contributed by atoms with E-state index < -0.39 is 10.0 Å². The highest BCUT2D eigenvalue weighted by molar-refractivity contribution is 7.89. The largest absolute Gasteiger partial charge is 0.349 e. The van der Waals surface area contributed by atoms with E-state index >= 15 is 0 Å². The van der Waals surface area contributed by atoms with Crippen molar-refractivity contribution in [2.24, 2.45) is 0 Å². The molecule has 0 atom stereocenters. The van der Waals surface area contributed by atoms with Gasteiger partial charge in [0.2, 0.25) is 10.0 Å². The highest BCUT2D eigenvalue weighted by Gasteiger charge is 2.18. The fourth-order valence-electron chi connectivity index (χ4n) is 2.07. The molecule has 0 aromatic heterocycles. The van der Waals surface area contributed by atoms with Gasteiger partial charge < -0.3 is 10.2 Å². The summed E-state index contributed by atoms with van der Waals surface area (Å²) in [6.07, 6.45) is 2.30. The molecule has 2 rings (SSSR count). The van der Waals surface area contributed by atoms with E-state index in [1.165, 1.54) is 18.4 Å². The van der Waals surface area contributed by atoms with Gasteiger partial charge in [-0.25, -0.2) is 12.7 Å². The van der Waals surface area contributed by atoms with Crippen LogP contribution in [-0.2, 0) is 10.0 Å². The molecule has 0 amide bonds. The van der Waals surface area contributed by atoms with Crippen molar-refractivity contribution in [1.82, 2.24) is 9.21 Å². The minimum absolute atomic E-state index is 0.261. The fourth-order valence-corrected chi connectivity index (χ4v) is 3.32. The van der Waals surface area contributed by atoms with Crippen molar-refractivity contribution in [3.63, 3.8) is 0 Å². The van der Waals surface area contributed by atoms with E-state index in [0.717, 1.165) is 25.9 Å². The van der Waals surface area contributed by atoms with Gasteiger partial charge in [0.25, 0.3) is 0 Å². The smallest absolute Gasteiger partial charge is 0.242 e. The van der Waals surface area contributed by atoms with Gasteiger partial charge in [0.05, 0.1) is 4.90 Å². The van der Waals surface area contributed by atoms with E-state index in [1.807, 2.05) is 6.07 Å². The lowest BCUT2D eigenvalue weighted by molar-refractivity contribution is 0.520. The molecule has 0 spiro atoms. The number of hydrogen-bond donors (Lipinski definition) is 1. The summed E-state index contributed by atoms with van der Waals surface area (Å²) in [5, 5.41) is 3.76. The van der Waals surface area contributed by atoms with Crippen LogP contribution in [0.2, 0.25) is 0 Å². The molecule has 1 aliphatic rings. The predicted molar refractivity (Wildman–Crippen MR) is 84.3 cm³/mol. The maximum absolute atomic E-state index is 12.1. The molecule has 1 aromatic rings. The zero-order valence-electron chi connectivity index (χ0n) is 11.7. The van der Waals surface area contributed by atoms with Crippen molar-refractivity contribution in [2.75, 3.05) is 32.5 Å². The van der Waals surface area contributed by atoms with Gasteiger partial charge in [-0.15, -0.1) is 0 Å². The summed E-state index contributed by atoms with van der Waals surface area (Å²) in [6, 6.07) is 6.72. The lowest BCUT2D eigenvalue weighted by atomic mass is 10.3. The van der Waals surface area contributed by atoms with Gasteiger partial charge in [0.1, 0.15) is 0 Å². The lowest BCUT2D eigenvalue weighted by Gasteiger charge is -2.20. The first-order valence-corrected chi connectivity index (χ1v) is 8.34. The SMILES string of the molecule is CN(C)S(=O)(=O)c1cccc(NC(=S)N2CCCC2)c1. The molecule has 110 valence electrons. The number of nitrogens with zero attached hydrogens (tertiary/aromatic N) is 2. The second-order valence-electron chi connectivity index (χ2n) is 4.94. The molecule has 1 fully saturated rings. The monoisotopic (exact) mass is 313 g/mol. The van der Waals surface area contributed by atoms with E-state index in [9.17, 15) is 8.42 Å². The summed E-state index contributed by atoms with van der Waals surface area (Å²) in [5.74, 6) is 0. The molecular formula is C13H19N3O2S2. The minimum atomic E-state index is -3.42. The van der Waals surface area contributed by atoms with Crippen molar-refractivity contribution in [3.05, 3.63) is 24.3 Å². The Hall–Kier alpha value is -1.18. The molecule has 1 aromatic carbocycles. The summed E-state index contributed by atoms with van der Waals surface area (Å²) in [4.78, 5) is 2.36. The van der Waals surface area contributed by atoms with Crippen LogP contribution < -0.4 is 5.32 Å². The molecule has 0 aliphatic carbocycles. The zero-order chi connectivity index (χ0) is 14.8. The minimum Gasteiger partial charge on any atom is -0.349 e. The Morgan fingerprint density at radius 1 is 1.30 bits per heavy atom. The molecule has 5 nitrogen and oxygen atoms in total. The number of thiocarbonyl (C=S) groups is 1. The van der Waals surface area contributed by atoms with Gasteiger partial charge in [0, 0.05) is 32.9 Å². The van der Waals surface area contributed by atoms with Gasteiger partial charge in [-0.3, -0.25) is 0 Å². The van der Waals surface area contributed by atoms with E-state index in [4.69, 9.17) is 12.2 Å². The van der Waals surface area contributed by atoms with Gasteiger partial charge in [0.15, 0.2) is 5.11 Å². The number of benzene rings is 1. The van der Waals surface area contributed by atoms with Crippen LogP contribution in [0.3, 0.4) is 0 Å². The summed E-state index contributed by atoms with van der Waals surface area (Å²) in [7, 11) is -0.381. The Labute approximate surface area is 125 Å². The van der Waals surface area contributed by atoms with Gasteiger partial charge in [-0.1, -0.05) is 6.07 Å². The van der Waals surface area contributed by atoms with Crippen LogP contribution in [0.4, 0.5) is 5.69 Å². The van der Waals surface area contributed by atoms with Crippen molar-refractivity contribution in [1.29, 1.82) is 0 Å². The van der Waals surface area contributed by atoms with Crippen molar-refractivity contribution >= 4 is 33.0 Å². The van der Waals surface area contributed by atoms with Crippen LogP contribution >= 0.6 is 12.2 Å². The number of sulfonamides is 1. The third-order valence-corrected chi connectivity index (χ3v) is 5.43. The van der Waals surface area contributed by atoms with E-state index in [2.05, 4.69) is 10.2 Å². The second kappa shape index (κ2) is 6.07. The normalized spacial score (nSPS) is 15.7. The average Bonchev–Trinajstić information content (AvgIpc) is 2.92. The maximum atomic E-state index is 12.1. The molecule has 0 saturated carbocycles. The van der Waals surface area contributed by atoms with Crippen molar-refractivity contribution < 1.29 is 8.42 Å². The van der Waals surface area contributed by atoms with Gasteiger partial charge in [-0.05, 0) is 43.3 Å². The zero-order valence-corrected chi connectivity index (χ0v) is 13.3. The molecule has 0 unspecified atom stereocenters. The van der Waals surface area contributed by atoms with E-state index in [0.29, 0.717) is 10.8 Å². The topological polar surface area (TPSA) is 52.7 Å². The summed E-state index contributed by atoms with van der Waals surface area (Å²) in [5.41, 5.74) is 0.699. The first kappa shape index (κ1) is 15.2. The van der Waals surface area contributed by atoms with Crippen molar-refractivity contribution in [3.8, 4) is 0 Å². The van der Waals surface area contributed by atoms with Crippen molar-refractivity contribution in [2.45, 2.75) is 17.7 Å². The number of likely N-dealkylation sites (tertiary alicyclic amines) is 1. The Morgan fingerprint density at radius 2 is 1.95 bits per heavy atom. The first-order valence-electron chi connectivity index (χ1n) is 6.50. The van der Waals surface area contributed by atoms with Crippen LogP contribution in [0, 0.1) is 0 Å². The third kappa shape index (κ3) is 3.28. The molecule has 20 heavy (non-hydrogen) atoms. The molecule has 0 radical (unpaired) electrons. The Balaban J connectivity index is 2.16. The highest BCUT2D eigenvalue weighted by atomic mass is 32.2. The fraction of sp³-hybridized carbons (Fsp3) is 0.462. The highest BCUT2D eigenvalue weighted by Crippen LogP contribution is 2.19. The summed E-state index contributed by atoms with van der Waals surface area (Å²) in [6.45, 7) is 1.92. The van der Waals surface area contributed by atoms with Gasteiger partial charge in [-0.2, -0.15) is 0 Å². The van der Waals surface area contributed by atoms with Crippen LogP contribution in [0.15, 0.2) is 29.2 Å². The number of rotatable bonds is 3. The summed E-state index contributed by atoms with van der Waals surface area (Å²) >= 11 is 5.34. The van der Waals surface area contributed by atoms with Crippen LogP contribution in [0.5, 0.6) is 0 Å². The number of hydrogen-bond acceptors (Lipinski definition) is 3. The second-order valence-corrected chi connectivity index (χ2v) is 7.48. The van der Waals surface area contributed by atoms with Crippen LogP contribution in [-0.4, -0.2) is 49.9 Å². The summed E-state index contributed by atoms with van der Waals surface area (Å²) < 4.78 is 25.4. The molecule has 1 saturated heterocycles.